The van der Waals surface area contributed by atoms with E-state index in [1.807, 2.05) is 42.5 Å². The molecular formula is C20H15N3O2S. The third-order valence-electron chi connectivity index (χ3n) is 4.12. The molecule has 4 aromatic rings. The van der Waals surface area contributed by atoms with Crippen molar-refractivity contribution in [3.63, 3.8) is 0 Å². The number of nitrogens with one attached hydrogen (secondary N) is 1. The second kappa shape index (κ2) is 6.93. The molecule has 1 N–H and O–H groups in total. The topological polar surface area (TPSA) is 64.0 Å². The number of hydrogen-bond donors (Lipinski definition) is 1. The highest BCUT2D eigenvalue weighted by molar-refractivity contribution is 7.13. The van der Waals surface area contributed by atoms with Crippen molar-refractivity contribution in [1.82, 2.24) is 9.55 Å². The third kappa shape index (κ3) is 3.27. The lowest BCUT2D eigenvalue weighted by atomic mass is 10.0. The van der Waals surface area contributed by atoms with Gasteiger partial charge in [-0.15, -0.1) is 11.3 Å². The molecule has 6 heteroatoms. The van der Waals surface area contributed by atoms with Gasteiger partial charge in [0.25, 0.3) is 11.5 Å². The number of pyridine rings is 1. The van der Waals surface area contributed by atoms with E-state index in [4.69, 9.17) is 0 Å². The number of carbonyl (C=O) groups is 1. The molecule has 0 aliphatic carbocycles. The summed E-state index contributed by atoms with van der Waals surface area (Å²) in [5, 5.41) is 7.27. The van der Waals surface area contributed by atoms with Gasteiger partial charge in [0.15, 0.2) is 5.13 Å². The molecule has 2 heterocycles. The highest BCUT2D eigenvalue weighted by Gasteiger charge is 2.10. The summed E-state index contributed by atoms with van der Waals surface area (Å²) in [5.41, 5.74) is 1.30. The van der Waals surface area contributed by atoms with Crippen LogP contribution in [0.4, 0.5) is 5.13 Å². The Balaban J connectivity index is 1.66. The Labute approximate surface area is 153 Å². The smallest absolute Gasteiger partial charge is 0.258 e. The van der Waals surface area contributed by atoms with Crippen LogP contribution < -0.4 is 10.9 Å². The fourth-order valence-electron chi connectivity index (χ4n) is 2.86. The molecule has 128 valence electrons. The standard InChI is InChI=1S/C20H15N3O2S/c24-18-9-8-16(19(25)22-20-21-10-11-26-20)13-23(18)12-15-6-3-5-14-4-1-2-7-17(14)15/h1-11,13H,12H2,(H,21,22,25). The molecule has 5 nitrogen and oxygen atoms in total. The van der Waals surface area contributed by atoms with E-state index < -0.39 is 0 Å². The number of anilines is 1. The van der Waals surface area contributed by atoms with Crippen molar-refractivity contribution in [2.24, 2.45) is 0 Å². The van der Waals surface area contributed by atoms with Gasteiger partial charge < -0.3 is 4.57 Å². The number of aromatic nitrogens is 2. The van der Waals surface area contributed by atoms with E-state index in [1.54, 1.807) is 22.3 Å². The van der Waals surface area contributed by atoms with E-state index in [1.165, 1.54) is 23.5 Å². The lowest BCUT2D eigenvalue weighted by Crippen LogP contribution is -2.22. The van der Waals surface area contributed by atoms with Crippen molar-refractivity contribution in [2.75, 3.05) is 5.32 Å². The predicted octanol–water partition coefficient (Wildman–Crippen LogP) is 3.76. The van der Waals surface area contributed by atoms with Crippen LogP contribution >= 0.6 is 11.3 Å². The summed E-state index contributed by atoms with van der Waals surface area (Å²) in [6.07, 6.45) is 3.22. The molecule has 0 bridgehead atoms. The van der Waals surface area contributed by atoms with Gasteiger partial charge in [-0.3, -0.25) is 14.9 Å². The molecule has 0 unspecified atom stereocenters. The molecule has 0 radical (unpaired) electrons. The van der Waals surface area contributed by atoms with Crippen LogP contribution in [0.3, 0.4) is 0 Å². The van der Waals surface area contributed by atoms with E-state index in [9.17, 15) is 9.59 Å². The molecular weight excluding hydrogens is 346 g/mol. The van der Waals surface area contributed by atoms with Crippen molar-refractivity contribution < 1.29 is 4.79 Å². The van der Waals surface area contributed by atoms with Crippen LogP contribution in [0.1, 0.15) is 15.9 Å². The average molecular weight is 361 g/mol. The maximum atomic E-state index is 12.4. The van der Waals surface area contributed by atoms with Gasteiger partial charge in [0.1, 0.15) is 0 Å². The Morgan fingerprint density at radius 2 is 1.92 bits per heavy atom. The predicted molar refractivity (Wildman–Crippen MR) is 104 cm³/mol. The van der Waals surface area contributed by atoms with Crippen LogP contribution in [0.5, 0.6) is 0 Å². The number of nitrogens with zero attached hydrogens (tertiary/aromatic N) is 2. The number of fused-ring (bicyclic) bond motifs is 1. The van der Waals surface area contributed by atoms with E-state index in [0.29, 0.717) is 17.2 Å². The van der Waals surface area contributed by atoms with Crippen LogP contribution in [0, 0.1) is 0 Å². The number of amides is 1. The Kier molecular flexibility index (Phi) is 4.33. The van der Waals surface area contributed by atoms with Crippen molar-refractivity contribution in [3.8, 4) is 0 Å². The van der Waals surface area contributed by atoms with E-state index in [0.717, 1.165) is 16.3 Å². The molecule has 0 saturated carbocycles. The molecule has 0 aliphatic heterocycles. The zero-order chi connectivity index (χ0) is 17.9. The van der Waals surface area contributed by atoms with Crippen LogP contribution in [0.25, 0.3) is 10.8 Å². The molecule has 0 spiro atoms. The van der Waals surface area contributed by atoms with Gasteiger partial charge in [0, 0.05) is 23.8 Å². The van der Waals surface area contributed by atoms with Gasteiger partial charge in [-0.1, -0.05) is 42.5 Å². The lowest BCUT2D eigenvalue weighted by Gasteiger charge is -2.10. The molecule has 26 heavy (non-hydrogen) atoms. The van der Waals surface area contributed by atoms with Crippen LogP contribution in [-0.2, 0) is 6.54 Å². The minimum absolute atomic E-state index is 0.149. The summed E-state index contributed by atoms with van der Waals surface area (Å²) in [4.78, 5) is 28.7. The molecule has 0 fully saturated rings. The number of carbonyl (C=O) groups excluding carboxylic acids is 1. The fourth-order valence-corrected chi connectivity index (χ4v) is 3.38. The zero-order valence-electron chi connectivity index (χ0n) is 13.8. The number of benzene rings is 2. The zero-order valence-corrected chi connectivity index (χ0v) is 14.6. The van der Waals surface area contributed by atoms with Crippen molar-refractivity contribution in [1.29, 1.82) is 0 Å². The molecule has 1 amide bonds. The fraction of sp³-hybridized carbons (Fsp3) is 0.0500. The molecule has 0 aliphatic rings. The number of rotatable bonds is 4. The number of hydrogen-bond acceptors (Lipinski definition) is 4. The summed E-state index contributed by atoms with van der Waals surface area (Å²) in [6.45, 7) is 0.401. The van der Waals surface area contributed by atoms with Gasteiger partial charge in [0.05, 0.1) is 12.1 Å². The Bertz CT molecular complexity index is 1130. The largest absolute Gasteiger partial charge is 0.310 e. The quantitative estimate of drug-likeness (QED) is 0.602. The first-order valence-corrected chi connectivity index (χ1v) is 8.97. The first kappa shape index (κ1) is 16.2. The summed E-state index contributed by atoms with van der Waals surface area (Å²) >= 11 is 1.35. The van der Waals surface area contributed by atoms with E-state index >= 15 is 0 Å². The summed E-state index contributed by atoms with van der Waals surface area (Å²) in [6, 6.07) is 17.0. The molecule has 2 aromatic carbocycles. The lowest BCUT2D eigenvalue weighted by molar-refractivity contribution is 0.102. The van der Waals surface area contributed by atoms with Gasteiger partial charge in [-0.05, 0) is 22.4 Å². The van der Waals surface area contributed by atoms with Crippen molar-refractivity contribution in [3.05, 3.63) is 93.9 Å². The number of thiazole rings is 1. The van der Waals surface area contributed by atoms with Crippen LogP contribution in [0.2, 0.25) is 0 Å². The summed E-state index contributed by atoms with van der Waals surface area (Å²) in [5.74, 6) is -0.286. The van der Waals surface area contributed by atoms with E-state index in [-0.39, 0.29) is 11.5 Å². The second-order valence-electron chi connectivity index (χ2n) is 5.81. The van der Waals surface area contributed by atoms with Crippen LogP contribution in [-0.4, -0.2) is 15.5 Å². The Morgan fingerprint density at radius 1 is 1.08 bits per heavy atom. The second-order valence-corrected chi connectivity index (χ2v) is 6.71. The Morgan fingerprint density at radius 3 is 2.77 bits per heavy atom. The Hall–Kier alpha value is -3.25. The van der Waals surface area contributed by atoms with Crippen LogP contribution in [0.15, 0.2) is 77.2 Å². The summed E-state index contributed by atoms with van der Waals surface area (Å²) in [7, 11) is 0. The normalized spacial score (nSPS) is 10.8. The third-order valence-corrected chi connectivity index (χ3v) is 4.81. The first-order chi connectivity index (χ1) is 12.7. The average Bonchev–Trinajstić information content (AvgIpc) is 3.17. The first-order valence-electron chi connectivity index (χ1n) is 8.09. The highest BCUT2D eigenvalue weighted by atomic mass is 32.1. The molecule has 0 atom stereocenters. The van der Waals surface area contributed by atoms with Gasteiger partial charge in [0.2, 0.25) is 0 Å². The molecule has 0 saturated heterocycles. The van der Waals surface area contributed by atoms with Crippen molar-refractivity contribution >= 4 is 33.1 Å². The maximum Gasteiger partial charge on any atom is 0.258 e. The summed E-state index contributed by atoms with van der Waals surface area (Å²) < 4.78 is 1.55. The minimum Gasteiger partial charge on any atom is -0.310 e. The van der Waals surface area contributed by atoms with Gasteiger partial charge in [-0.2, -0.15) is 0 Å². The monoisotopic (exact) mass is 361 g/mol. The van der Waals surface area contributed by atoms with E-state index in [2.05, 4.69) is 10.3 Å². The maximum absolute atomic E-state index is 12.4. The van der Waals surface area contributed by atoms with Gasteiger partial charge >= 0.3 is 0 Å². The minimum atomic E-state index is -0.286. The SMILES string of the molecule is O=C(Nc1nccs1)c1ccc(=O)n(Cc2cccc3ccccc23)c1. The molecule has 4 rings (SSSR count). The highest BCUT2D eigenvalue weighted by Crippen LogP contribution is 2.19. The molecule has 2 aromatic heterocycles. The van der Waals surface area contributed by atoms with Crippen molar-refractivity contribution in [2.45, 2.75) is 6.54 Å². The van der Waals surface area contributed by atoms with Gasteiger partial charge in [-0.25, -0.2) is 4.98 Å².